The molecular formula is C28H35NO4S. The highest BCUT2D eigenvalue weighted by atomic mass is 32.1. The standard InChI is InChI=1S/C28H35NO4S/c1-6-33-27(31)23-24-22(34-26(23)29-25(30)15(2)3)14-21-20-9-7-16-13-17(32-5)8-10-18(16)19(20)11-12-28(21,24)4/h8,10,13,15,19-21H,6-7,9,11-12,14H2,1-5H3,(H,29,30)/t19-,20-,21+,28-/m1/s1. The number of rotatable bonds is 5. The molecule has 1 N–H and O–H groups in total. The maximum absolute atomic E-state index is 13.2. The summed E-state index contributed by atoms with van der Waals surface area (Å²) in [6.45, 7) is 8.26. The second-order valence-electron chi connectivity index (χ2n) is 10.6. The minimum atomic E-state index is -0.302. The van der Waals surface area contributed by atoms with E-state index in [0.29, 0.717) is 34.9 Å². The molecule has 3 aliphatic rings. The maximum atomic E-state index is 13.2. The minimum Gasteiger partial charge on any atom is -0.497 e. The Bertz CT molecular complexity index is 1140. The first-order valence-corrected chi connectivity index (χ1v) is 13.4. The number of esters is 1. The van der Waals surface area contributed by atoms with Gasteiger partial charge in [-0.2, -0.15) is 0 Å². The summed E-state index contributed by atoms with van der Waals surface area (Å²) in [6.07, 6.45) is 5.38. The molecule has 5 nitrogen and oxygen atoms in total. The van der Waals surface area contributed by atoms with Crippen molar-refractivity contribution in [2.24, 2.45) is 17.8 Å². The lowest BCUT2D eigenvalue weighted by Gasteiger charge is -2.49. The molecule has 5 rings (SSSR count). The normalized spacial score (nSPS) is 26.8. The summed E-state index contributed by atoms with van der Waals surface area (Å²) in [4.78, 5) is 27.0. The van der Waals surface area contributed by atoms with Crippen LogP contribution >= 0.6 is 11.3 Å². The number of ether oxygens (including phenoxy) is 2. The van der Waals surface area contributed by atoms with Crippen molar-refractivity contribution in [1.29, 1.82) is 0 Å². The van der Waals surface area contributed by atoms with Crippen LogP contribution in [0.25, 0.3) is 0 Å². The van der Waals surface area contributed by atoms with Gasteiger partial charge in [0.05, 0.1) is 19.3 Å². The van der Waals surface area contributed by atoms with Crippen LogP contribution in [0.15, 0.2) is 18.2 Å². The van der Waals surface area contributed by atoms with Gasteiger partial charge in [-0.25, -0.2) is 4.79 Å². The van der Waals surface area contributed by atoms with E-state index in [-0.39, 0.29) is 23.2 Å². The molecule has 0 unspecified atom stereocenters. The van der Waals surface area contributed by atoms with Crippen molar-refractivity contribution in [2.75, 3.05) is 19.0 Å². The Balaban J connectivity index is 1.52. The van der Waals surface area contributed by atoms with Crippen LogP contribution in [0.5, 0.6) is 5.75 Å². The van der Waals surface area contributed by atoms with Crippen molar-refractivity contribution in [3.63, 3.8) is 0 Å². The molecule has 1 aromatic heterocycles. The molecule has 3 aliphatic carbocycles. The Kier molecular flexibility index (Phi) is 5.99. The van der Waals surface area contributed by atoms with Crippen molar-refractivity contribution in [2.45, 2.75) is 71.1 Å². The van der Waals surface area contributed by atoms with Gasteiger partial charge in [-0.15, -0.1) is 11.3 Å². The average molecular weight is 482 g/mol. The first-order chi connectivity index (χ1) is 16.3. The van der Waals surface area contributed by atoms with Gasteiger partial charge in [0, 0.05) is 10.8 Å². The van der Waals surface area contributed by atoms with Gasteiger partial charge in [0.2, 0.25) is 5.91 Å². The fraction of sp³-hybridized carbons (Fsp3) is 0.571. The molecule has 6 heteroatoms. The van der Waals surface area contributed by atoms with Crippen LogP contribution in [-0.2, 0) is 27.8 Å². The molecule has 182 valence electrons. The van der Waals surface area contributed by atoms with E-state index in [1.807, 2.05) is 20.8 Å². The topological polar surface area (TPSA) is 64.6 Å². The van der Waals surface area contributed by atoms with E-state index in [9.17, 15) is 9.59 Å². The summed E-state index contributed by atoms with van der Waals surface area (Å²) in [5.74, 6) is 2.10. The third kappa shape index (κ3) is 3.57. The molecule has 4 atom stereocenters. The smallest absolute Gasteiger partial charge is 0.341 e. The lowest BCUT2D eigenvalue weighted by Crippen LogP contribution is -2.43. The van der Waals surface area contributed by atoms with Crippen molar-refractivity contribution in [1.82, 2.24) is 0 Å². The Morgan fingerprint density at radius 2 is 2.06 bits per heavy atom. The van der Waals surface area contributed by atoms with Crippen molar-refractivity contribution >= 4 is 28.2 Å². The third-order valence-corrected chi connectivity index (χ3v) is 9.65. The number of carbonyl (C=O) groups is 2. The predicted octanol–water partition coefficient (Wildman–Crippen LogP) is 6.10. The van der Waals surface area contributed by atoms with Gasteiger partial charge in [-0.1, -0.05) is 26.8 Å². The Morgan fingerprint density at radius 1 is 1.26 bits per heavy atom. The minimum absolute atomic E-state index is 0.0600. The number of hydrogen-bond acceptors (Lipinski definition) is 5. The van der Waals surface area contributed by atoms with E-state index in [4.69, 9.17) is 9.47 Å². The molecule has 34 heavy (non-hydrogen) atoms. The molecule has 0 spiro atoms. The highest BCUT2D eigenvalue weighted by Gasteiger charge is 2.55. The predicted molar refractivity (Wildman–Crippen MR) is 135 cm³/mol. The number of amides is 1. The summed E-state index contributed by atoms with van der Waals surface area (Å²) in [7, 11) is 1.73. The molecule has 1 aromatic carbocycles. The molecule has 1 fully saturated rings. The molecule has 1 amide bonds. The van der Waals surface area contributed by atoms with Crippen LogP contribution in [0.4, 0.5) is 5.00 Å². The van der Waals surface area contributed by atoms with Gasteiger partial charge in [0.25, 0.3) is 0 Å². The number of anilines is 1. The van der Waals surface area contributed by atoms with Gasteiger partial charge in [0.15, 0.2) is 0 Å². The highest BCUT2D eigenvalue weighted by molar-refractivity contribution is 7.17. The largest absolute Gasteiger partial charge is 0.497 e. The lowest BCUT2D eigenvalue weighted by atomic mass is 9.54. The number of benzene rings is 1. The molecule has 0 radical (unpaired) electrons. The zero-order valence-electron chi connectivity index (χ0n) is 20.8. The Morgan fingerprint density at radius 3 is 2.76 bits per heavy atom. The second-order valence-corrected chi connectivity index (χ2v) is 11.7. The zero-order valence-corrected chi connectivity index (χ0v) is 21.6. The fourth-order valence-electron chi connectivity index (χ4n) is 6.86. The summed E-state index contributed by atoms with van der Waals surface area (Å²) in [5.41, 5.74) is 4.62. The number of aryl methyl sites for hydroxylation is 1. The van der Waals surface area contributed by atoms with Gasteiger partial charge in [0.1, 0.15) is 10.8 Å². The quantitative estimate of drug-likeness (QED) is 0.524. The monoisotopic (exact) mass is 481 g/mol. The van der Waals surface area contributed by atoms with Crippen LogP contribution in [0.3, 0.4) is 0 Å². The van der Waals surface area contributed by atoms with E-state index < -0.39 is 0 Å². The zero-order chi connectivity index (χ0) is 24.2. The third-order valence-electron chi connectivity index (χ3n) is 8.52. The molecule has 2 aromatic rings. The van der Waals surface area contributed by atoms with E-state index in [1.54, 1.807) is 18.4 Å². The summed E-state index contributed by atoms with van der Waals surface area (Å²) in [5, 5.41) is 3.71. The molecule has 0 saturated heterocycles. The lowest BCUT2D eigenvalue weighted by molar-refractivity contribution is -0.118. The van der Waals surface area contributed by atoms with E-state index in [0.717, 1.165) is 37.0 Å². The first-order valence-electron chi connectivity index (χ1n) is 12.6. The van der Waals surface area contributed by atoms with Gasteiger partial charge in [-0.3, -0.25) is 4.79 Å². The molecule has 1 heterocycles. The van der Waals surface area contributed by atoms with Crippen molar-refractivity contribution in [3.05, 3.63) is 45.3 Å². The number of carbonyl (C=O) groups excluding carboxylic acids is 2. The Labute approximate surface area is 206 Å². The van der Waals surface area contributed by atoms with Crippen LogP contribution in [-0.4, -0.2) is 25.6 Å². The van der Waals surface area contributed by atoms with Crippen molar-refractivity contribution < 1.29 is 19.1 Å². The van der Waals surface area contributed by atoms with Gasteiger partial charge in [-0.05, 0) is 91.0 Å². The van der Waals surface area contributed by atoms with Crippen molar-refractivity contribution in [3.8, 4) is 5.75 Å². The van der Waals surface area contributed by atoms with Crippen LogP contribution in [0, 0.1) is 17.8 Å². The number of methoxy groups -OCH3 is 1. The molecular weight excluding hydrogens is 446 g/mol. The number of thiophene rings is 1. The highest BCUT2D eigenvalue weighted by Crippen LogP contribution is 2.63. The number of hydrogen-bond donors (Lipinski definition) is 1. The van der Waals surface area contributed by atoms with E-state index >= 15 is 0 Å². The van der Waals surface area contributed by atoms with Gasteiger partial charge < -0.3 is 14.8 Å². The summed E-state index contributed by atoms with van der Waals surface area (Å²) >= 11 is 1.59. The summed E-state index contributed by atoms with van der Waals surface area (Å²) in [6, 6.07) is 6.60. The first kappa shape index (κ1) is 23.4. The molecule has 0 aliphatic heterocycles. The molecule has 1 saturated carbocycles. The van der Waals surface area contributed by atoms with Crippen LogP contribution in [0.1, 0.15) is 84.8 Å². The fourth-order valence-corrected chi connectivity index (χ4v) is 8.25. The van der Waals surface area contributed by atoms with E-state index in [2.05, 4.69) is 30.4 Å². The van der Waals surface area contributed by atoms with Gasteiger partial charge >= 0.3 is 5.97 Å². The molecule has 0 bridgehead atoms. The van der Waals surface area contributed by atoms with E-state index in [1.165, 1.54) is 22.4 Å². The number of nitrogens with one attached hydrogen (secondary N) is 1. The summed E-state index contributed by atoms with van der Waals surface area (Å²) < 4.78 is 11.0. The second kappa shape index (κ2) is 8.71. The van der Waals surface area contributed by atoms with Crippen LogP contribution < -0.4 is 10.1 Å². The SMILES string of the molecule is CCOC(=O)c1c(NC(=O)C(C)C)sc2c1[C@]1(C)CC[C@@H]3c4ccc(OC)cc4CC[C@H]3[C@@H]1C2. The number of fused-ring (bicyclic) bond motifs is 7. The average Bonchev–Trinajstić information content (AvgIpc) is 3.32. The maximum Gasteiger partial charge on any atom is 0.341 e. The Hall–Kier alpha value is -2.34. The van der Waals surface area contributed by atoms with Crippen LogP contribution in [0.2, 0.25) is 0 Å².